The highest BCUT2D eigenvalue weighted by molar-refractivity contribution is 6.32. The lowest BCUT2D eigenvalue weighted by Gasteiger charge is -2.31. The first-order valence-electron chi connectivity index (χ1n) is 14.0. The van der Waals surface area contributed by atoms with Crippen LogP contribution in [0.2, 0.25) is 5.02 Å². The molecule has 3 aliphatic rings. The van der Waals surface area contributed by atoms with Gasteiger partial charge in [0.25, 0.3) is 0 Å². The topological polar surface area (TPSA) is 115 Å². The molecule has 3 N–H and O–H groups in total. The van der Waals surface area contributed by atoms with E-state index < -0.39 is 50.4 Å². The first-order chi connectivity index (χ1) is 20.8. The van der Waals surface area contributed by atoms with E-state index in [9.17, 15) is 13.2 Å². The highest BCUT2D eigenvalue weighted by Crippen LogP contribution is 2.49. The summed E-state index contributed by atoms with van der Waals surface area (Å²) in [6, 6.07) is 0.586. The van der Waals surface area contributed by atoms with E-state index in [-0.39, 0.29) is 29.2 Å². The molecule has 10 nitrogen and oxygen atoms in total. The number of nitrogen functional groups attached to an aromatic ring is 1. The monoisotopic (exact) mass is 662 g/mol. The average molecular weight is 663 g/mol. The van der Waals surface area contributed by atoms with Crippen LogP contribution in [0.3, 0.4) is 0 Å². The summed E-state index contributed by atoms with van der Waals surface area (Å²) in [7, 11) is 0. The maximum Gasteiger partial charge on any atom is 0.420 e. The molecule has 1 aliphatic carbocycles. The molecule has 0 radical (unpaired) electrons. The number of hydrogen-bond acceptors (Lipinski definition) is 10. The molecule has 5 heterocycles. The summed E-state index contributed by atoms with van der Waals surface area (Å²) in [6.45, 7) is 6.03. The molecule has 3 aromatic rings. The summed E-state index contributed by atoms with van der Waals surface area (Å²) >= 11 is 11.5. The van der Waals surface area contributed by atoms with Gasteiger partial charge >= 0.3 is 17.6 Å². The Labute approximate surface area is 259 Å². The van der Waals surface area contributed by atoms with Crippen molar-refractivity contribution in [1.82, 2.24) is 30.2 Å². The van der Waals surface area contributed by atoms with E-state index in [1.54, 1.807) is 0 Å². The number of anilines is 2. The van der Waals surface area contributed by atoms with Gasteiger partial charge in [-0.25, -0.2) is 4.98 Å². The van der Waals surface area contributed by atoms with Crippen molar-refractivity contribution in [2.24, 2.45) is 5.41 Å². The molecule has 6 rings (SSSR count). The zero-order valence-corrected chi connectivity index (χ0v) is 24.9. The number of fused-ring (bicyclic) bond motifs is 1. The highest BCUT2D eigenvalue weighted by atomic mass is 35.5. The van der Waals surface area contributed by atoms with Gasteiger partial charge in [-0.2, -0.15) is 31.9 Å². The van der Waals surface area contributed by atoms with Crippen LogP contribution >= 0.6 is 23.2 Å². The number of aromatic nitrogens is 4. The van der Waals surface area contributed by atoms with Crippen LogP contribution in [0, 0.1) is 5.41 Å². The predicted molar refractivity (Wildman–Crippen MR) is 154 cm³/mol. The smallest absolute Gasteiger partial charge is 0.420 e. The number of nitrogens with zero attached hydrogens (tertiary/aromatic N) is 6. The van der Waals surface area contributed by atoms with Crippen molar-refractivity contribution in [3.8, 4) is 17.4 Å². The van der Waals surface area contributed by atoms with E-state index in [2.05, 4.69) is 30.2 Å². The zero-order valence-electron chi connectivity index (χ0n) is 23.4. The van der Waals surface area contributed by atoms with E-state index in [4.69, 9.17) is 38.4 Å². The van der Waals surface area contributed by atoms with Crippen LogP contribution in [0.25, 0.3) is 22.3 Å². The maximum absolute atomic E-state index is 15.3. The SMILES string of the molecule is Nc1cc(Cl)c(C(F)(F)F)c(-c2ncc3c(N4CCNCC4)nc(OCC4(CN5CCOCC5)CC4)nc3c2C(F)(F)Cl)n1. The number of hydrogen-bond donors (Lipinski definition) is 2. The molecular formula is C27H29Cl2F5N8O2. The third-order valence-corrected chi connectivity index (χ3v) is 8.51. The van der Waals surface area contributed by atoms with Crippen molar-refractivity contribution >= 4 is 45.7 Å². The molecule has 3 fully saturated rings. The minimum Gasteiger partial charge on any atom is -0.463 e. The van der Waals surface area contributed by atoms with Crippen LogP contribution in [-0.2, 0) is 16.3 Å². The van der Waals surface area contributed by atoms with Crippen LogP contribution in [0.1, 0.15) is 24.0 Å². The molecule has 0 amide bonds. The first-order valence-corrected chi connectivity index (χ1v) is 14.8. The molecule has 238 valence electrons. The van der Waals surface area contributed by atoms with Crippen molar-refractivity contribution in [3.05, 3.63) is 28.4 Å². The number of alkyl halides is 6. The van der Waals surface area contributed by atoms with E-state index in [0.29, 0.717) is 39.4 Å². The molecule has 0 spiro atoms. The van der Waals surface area contributed by atoms with Crippen molar-refractivity contribution in [3.63, 3.8) is 0 Å². The molecule has 2 aliphatic heterocycles. The van der Waals surface area contributed by atoms with E-state index in [0.717, 1.165) is 44.7 Å². The van der Waals surface area contributed by atoms with Crippen LogP contribution in [-0.4, -0.2) is 90.5 Å². The molecule has 3 aromatic heterocycles. The van der Waals surface area contributed by atoms with E-state index in [1.807, 2.05) is 4.90 Å². The number of halogens is 7. The van der Waals surface area contributed by atoms with Gasteiger partial charge in [0.15, 0.2) is 0 Å². The molecular weight excluding hydrogens is 634 g/mol. The summed E-state index contributed by atoms with van der Waals surface area (Å²) in [6.07, 6.45) is -2.13. The van der Waals surface area contributed by atoms with E-state index in [1.165, 1.54) is 0 Å². The van der Waals surface area contributed by atoms with Gasteiger partial charge in [-0.05, 0) is 30.5 Å². The summed E-state index contributed by atoms with van der Waals surface area (Å²) in [4.78, 5) is 20.8. The Morgan fingerprint density at radius 3 is 2.34 bits per heavy atom. The molecule has 17 heteroatoms. The Kier molecular flexibility index (Phi) is 8.37. The second-order valence-corrected chi connectivity index (χ2v) is 12.1. The Balaban J connectivity index is 1.48. The lowest BCUT2D eigenvalue weighted by atomic mass is 10.0. The van der Waals surface area contributed by atoms with Crippen molar-refractivity contribution < 1.29 is 31.4 Å². The van der Waals surface area contributed by atoms with Crippen molar-refractivity contribution in [1.29, 1.82) is 0 Å². The van der Waals surface area contributed by atoms with Gasteiger partial charge in [0.05, 0.1) is 41.3 Å². The minimum atomic E-state index is -5.08. The molecule has 0 unspecified atom stereocenters. The second-order valence-electron chi connectivity index (χ2n) is 11.2. The molecule has 0 atom stereocenters. The van der Waals surface area contributed by atoms with Crippen LogP contribution < -0.4 is 20.7 Å². The second kappa shape index (κ2) is 11.8. The van der Waals surface area contributed by atoms with Gasteiger partial charge < -0.3 is 25.4 Å². The van der Waals surface area contributed by atoms with Crippen molar-refractivity contribution in [2.45, 2.75) is 24.4 Å². The third-order valence-electron chi connectivity index (χ3n) is 8.03. The van der Waals surface area contributed by atoms with Crippen LogP contribution in [0.5, 0.6) is 6.01 Å². The Hall–Kier alpha value is -2.85. The number of piperazine rings is 1. The molecule has 44 heavy (non-hydrogen) atoms. The average Bonchev–Trinajstić information content (AvgIpc) is 3.73. The van der Waals surface area contributed by atoms with E-state index >= 15 is 8.78 Å². The Morgan fingerprint density at radius 1 is 1.00 bits per heavy atom. The van der Waals surface area contributed by atoms with Gasteiger partial charge in [-0.1, -0.05) is 11.6 Å². The summed E-state index contributed by atoms with van der Waals surface area (Å²) in [5.74, 6) is -0.174. The number of nitrogens with two attached hydrogens (primary N) is 1. The normalized spacial score (nSPS) is 19.4. The molecule has 0 bridgehead atoms. The van der Waals surface area contributed by atoms with Crippen LogP contribution in [0.4, 0.5) is 33.6 Å². The summed E-state index contributed by atoms with van der Waals surface area (Å²) < 4.78 is 84.6. The van der Waals surface area contributed by atoms with Crippen LogP contribution in [0.15, 0.2) is 12.3 Å². The highest BCUT2D eigenvalue weighted by Gasteiger charge is 2.46. The van der Waals surface area contributed by atoms with Gasteiger partial charge in [0.2, 0.25) is 0 Å². The lowest BCUT2D eigenvalue weighted by Crippen LogP contribution is -2.44. The quantitative estimate of drug-likeness (QED) is 0.263. The fourth-order valence-electron chi connectivity index (χ4n) is 5.63. The number of rotatable bonds is 8. The largest absolute Gasteiger partial charge is 0.463 e. The minimum absolute atomic E-state index is 0.0661. The maximum atomic E-state index is 15.3. The van der Waals surface area contributed by atoms with Crippen molar-refractivity contribution in [2.75, 3.05) is 76.3 Å². The van der Waals surface area contributed by atoms with Gasteiger partial charge in [0, 0.05) is 57.4 Å². The fourth-order valence-corrected chi connectivity index (χ4v) is 6.12. The standard InChI is InChI=1S/C27H29Cl2F5N8O2/c28-16-11-17(35)38-22(18(16)27(32,33)34)21-19(26(29,30)31)20-15(12-37-21)23(42-5-3-36-4-6-42)40-24(39-20)44-14-25(1-2-25)13-41-7-9-43-10-8-41/h11-12,36H,1-10,13-14H2,(H2,35,38). The third kappa shape index (κ3) is 6.43. The first kappa shape index (κ1) is 31.1. The number of morpholine rings is 1. The number of ether oxygens (including phenoxy) is 2. The lowest BCUT2D eigenvalue weighted by molar-refractivity contribution is -0.137. The zero-order chi connectivity index (χ0) is 31.3. The Morgan fingerprint density at radius 2 is 1.70 bits per heavy atom. The fraction of sp³-hybridized carbons (Fsp3) is 0.556. The van der Waals surface area contributed by atoms with Gasteiger partial charge in [0.1, 0.15) is 28.6 Å². The molecule has 1 saturated carbocycles. The Bertz CT molecular complexity index is 1540. The summed E-state index contributed by atoms with van der Waals surface area (Å²) in [5, 5.41) is -1.78. The summed E-state index contributed by atoms with van der Waals surface area (Å²) in [5.41, 5.74) is 0.708. The van der Waals surface area contributed by atoms with Gasteiger partial charge in [-0.3, -0.25) is 9.88 Å². The molecule has 0 aromatic carbocycles. The molecule has 2 saturated heterocycles. The predicted octanol–water partition coefficient (Wildman–Crippen LogP) is 4.53. The number of nitrogens with one attached hydrogen (secondary N) is 1. The van der Waals surface area contributed by atoms with Gasteiger partial charge in [-0.15, -0.1) is 0 Å². The number of pyridine rings is 2.